The van der Waals surface area contributed by atoms with Gasteiger partial charge in [0.2, 0.25) is 11.8 Å². The maximum atomic E-state index is 12.7. The highest BCUT2D eigenvalue weighted by molar-refractivity contribution is 5.97. The van der Waals surface area contributed by atoms with Crippen molar-refractivity contribution in [3.05, 3.63) is 35.9 Å². The summed E-state index contributed by atoms with van der Waals surface area (Å²) in [6.45, 7) is 4.67. The van der Waals surface area contributed by atoms with Crippen molar-refractivity contribution in [3.63, 3.8) is 0 Å². The van der Waals surface area contributed by atoms with Crippen molar-refractivity contribution in [2.75, 3.05) is 6.54 Å². The maximum Gasteiger partial charge on any atom is 0.250 e. The smallest absolute Gasteiger partial charge is 0.250 e. The predicted molar refractivity (Wildman–Crippen MR) is 75.8 cm³/mol. The van der Waals surface area contributed by atoms with E-state index in [4.69, 9.17) is 0 Å². The zero-order valence-corrected chi connectivity index (χ0v) is 11.9. The Hall–Kier alpha value is -1.84. The van der Waals surface area contributed by atoms with Gasteiger partial charge >= 0.3 is 0 Å². The molecule has 3 rings (SSSR count). The van der Waals surface area contributed by atoms with Crippen molar-refractivity contribution in [2.45, 2.75) is 38.8 Å². The molecule has 1 aromatic rings. The summed E-state index contributed by atoms with van der Waals surface area (Å²) >= 11 is 0. The van der Waals surface area contributed by atoms with E-state index in [-0.39, 0.29) is 23.3 Å². The first kappa shape index (κ1) is 13.2. The monoisotopic (exact) mass is 272 g/mol. The second kappa shape index (κ2) is 4.62. The Morgan fingerprint density at radius 3 is 2.50 bits per heavy atom. The van der Waals surface area contributed by atoms with Gasteiger partial charge in [-0.05, 0) is 30.7 Å². The van der Waals surface area contributed by atoms with Gasteiger partial charge in [0.05, 0.1) is 0 Å². The summed E-state index contributed by atoms with van der Waals surface area (Å²) in [4.78, 5) is 26.6. The minimum atomic E-state index is -0.540. The molecule has 0 radical (unpaired) electrons. The lowest BCUT2D eigenvalue weighted by Crippen LogP contribution is -2.59. The van der Waals surface area contributed by atoms with Crippen LogP contribution in [0.3, 0.4) is 0 Å². The van der Waals surface area contributed by atoms with Crippen molar-refractivity contribution >= 4 is 11.8 Å². The minimum Gasteiger partial charge on any atom is -0.339 e. The van der Waals surface area contributed by atoms with Crippen LogP contribution >= 0.6 is 0 Å². The lowest BCUT2D eigenvalue weighted by molar-refractivity contribution is -0.149. The van der Waals surface area contributed by atoms with Gasteiger partial charge < -0.3 is 10.2 Å². The highest BCUT2D eigenvalue weighted by atomic mass is 16.2. The molecule has 1 N–H and O–H groups in total. The van der Waals surface area contributed by atoms with Crippen LogP contribution in [-0.4, -0.2) is 29.3 Å². The predicted octanol–water partition coefficient (Wildman–Crippen LogP) is 1.87. The molecule has 2 amide bonds. The fraction of sp³-hybridized carbons (Fsp3) is 0.500. The molecule has 1 aliphatic carbocycles. The van der Waals surface area contributed by atoms with E-state index in [2.05, 4.69) is 12.2 Å². The fourth-order valence-corrected chi connectivity index (χ4v) is 2.69. The second-order valence-electron chi connectivity index (χ2n) is 6.31. The topological polar surface area (TPSA) is 49.4 Å². The number of hydrogen-bond acceptors (Lipinski definition) is 2. The van der Waals surface area contributed by atoms with Crippen LogP contribution in [0.2, 0.25) is 0 Å². The molecule has 0 bridgehead atoms. The van der Waals surface area contributed by atoms with Gasteiger partial charge in [0.15, 0.2) is 0 Å². The SMILES string of the molecule is CC1C(=O)NC(c2ccccc2)C(=O)N1CC1(C)CC1. The van der Waals surface area contributed by atoms with Crippen molar-refractivity contribution in [2.24, 2.45) is 5.41 Å². The number of amides is 2. The standard InChI is InChI=1S/C16H20N2O2/c1-11-14(19)17-13(12-6-4-3-5-7-12)15(20)18(11)10-16(2)8-9-16/h3-7,11,13H,8-10H2,1-2H3,(H,17,19). The van der Waals surface area contributed by atoms with Crippen LogP contribution in [0.5, 0.6) is 0 Å². The van der Waals surface area contributed by atoms with E-state index < -0.39 is 6.04 Å². The Labute approximate surface area is 119 Å². The van der Waals surface area contributed by atoms with E-state index in [0.717, 1.165) is 18.4 Å². The number of carbonyl (C=O) groups excluding carboxylic acids is 2. The van der Waals surface area contributed by atoms with E-state index in [0.29, 0.717) is 6.54 Å². The van der Waals surface area contributed by atoms with Crippen molar-refractivity contribution in [1.29, 1.82) is 0 Å². The Morgan fingerprint density at radius 1 is 1.25 bits per heavy atom. The third kappa shape index (κ3) is 2.30. The number of carbonyl (C=O) groups is 2. The molecule has 1 saturated heterocycles. The molecule has 1 saturated carbocycles. The molecule has 2 aliphatic rings. The highest BCUT2D eigenvalue weighted by Crippen LogP contribution is 2.46. The van der Waals surface area contributed by atoms with Crippen LogP contribution in [0.1, 0.15) is 38.3 Å². The number of nitrogens with one attached hydrogen (secondary N) is 1. The molecular weight excluding hydrogens is 252 g/mol. The summed E-state index contributed by atoms with van der Waals surface area (Å²) in [5.74, 6) is -0.0564. The van der Waals surface area contributed by atoms with Gasteiger partial charge in [-0.15, -0.1) is 0 Å². The maximum absolute atomic E-state index is 12.7. The second-order valence-corrected chi connectivity index (χ2v) is 6.31. The van der Waals surface area contributed by atoms with Gasteiger partial charge in [0.25, 0.3) is 0 Å². The first-order valence-corrected chi connectivity index (χ1v) is 7.16. The summed E-state index contributed by atoms with van der Waals surface area (Å²) in [6.07, 6.45) is 2.28. The van der Waals surface area contributed by atoms with Crippen molar-refractivity contribution in [3.8, 4) is 0 Å². The van der Waals surface area contributed by atoms with Crippen LogP contribution in [0.15, 0.2) is 30.3 Å². The largest absolute Gasteiger partial charge is 0.339 e. The molecular formula is C16H20N2O2. The van der Waals surface area contributed by atoms with Crippen LogP contribution in [0.25, 0.3) is 0 Å². The molecule has 0 spiro atoms. The normalized spacial score (nSPS) is 28.2. The summed E-state index contributed by atoms with van der Waals surface area (Å²) in [5.41, 5.74) is 1.06. The van der Waals surface area contributed by atoms with Crippen LogP contribution in [0.4, 0.5) is 0 Å². The van der Waals surface area contributed by atoms with Gasteiger partial charge in [-0.3, -0.25) is 9.59 Å². The Morgan fingerprint density at radius 2 is 1.90 bits per heavy atom. The minimum absolute atomic E-state index is 0.0106. The molecule has 1 aliphatic heterocycles. The molecule has 2 unspecified atom stereocenters. The third-order valence-corrected chi connectivity index (χ3v) is 4.45. The van der Waals surface area contributed by atoms with E-state index in [1.54, 1.807) is 11.8 Å². The summed E-state index contributed by atoms with van der Waals surface area (Å²) in [5, 5.41) is 2.84. The van der Waals surface area contributed by atoms with Crippen molar-refractivity contribution < 1.29 is 9.59 Å². The van der Waals surface area contributed by atoms with E-state index in [1.165, 1.54) is 0 Å². The Balaban J connectivity index is 1.86. The average molecular weight is 272 g/mol. The number of nitrogens with zero attached hydrogens (tertiary/aromatic N) is 1. The van der Waals surface area contributed by atoms with Crippen LogP contribution in [-0.2, 0) is 9.59 Å². The summed E-state index contributed by atoms with van der Waals surface area (Å²) in [6, 6.07) is 8.54. The molecule has 106 valence electrons. The molecule has 2 atom stereocenters. The summed E-state index contributed by atoms with van der Waals surface area (Å²) < 4.78 is 0. The molecule has 0 aromatic heterocycles. The first-order valence-electron chi connectivity index (χ1n) is 7.16. The molecule has 1 aromatic carbocycles. The quantitative estimate of drug-likeness (QED) is 0.913. The van der Waals surface area contributed by atoms with Crippen LogP contribution in [0, 0.1) is 5.41 Å². The molecule has 4 nitrogen and oxygen atoms in total. The van der Waals surface area contributed by atoms with Gasteiger partial charge in [-0.1, -0.05) is 37.3 Å². The lowest BCUT2D eigenvalue weighted by atomic mass is 9.99. The number of hydrogen-bond donors (Lipinski definition) is 1. The lowest BCUT2D eigenvalue weighted by Gasteiger charge is -2.39. The van der Waals surface area contributed by atoms with Gasteiger partial charge in [-0.25, -0.2) is 0 Å². The number of piperazine rings is 1. The summed E-state index contributed by atoms with van der Waals surface area (Å²) in [7, 11) is 0. The van der Waals surface area contributed by atoms with E-state index in [1.807, 2.05) is 30.3 Å². The zero-order chi connectivity index (χ0) is 14.3. The fourth-order valence-electron chi connectivity index (χ4n) is 2.69. The molecule has 2 fully saturated rings. The van der Waals surface area contributed by atoms with E-state index >= 15 is 0 Å². The van der Waals surface area contributed by atoms with Gasteiger partial charge in [0, 0.05) is 6.54 Å². The van der Waals surface area contributed by atoms with Crippen LogP contribution < -0.4 is 5.32 Å². The Kier molecular flexibility index (Phi) is 3.04. The number of rotatable bonds is 3. The van der Waals surface area contributed by atoms with Gasteiger partial charge in [-0.2, -0.15) is 0 Å². The van der Waals surface area contributed by atoms with Crippen molar-refractivity contribution in [1.82, 2.24) is 10.2 Å². The Bertz CT molecular complexity index is 537. The zero-order valence-electron chi connectivity index (χ0n) is 11.9. The third-order valence-electron chi connectivity index (χ3n) is 4.45. The molecule has 1 heterocycles. The average Bonchev–Trinajstić information content (AvgIpc) is 3.18. The highest BCUT2D eigenvalue weighted by Gasteiger charge is 2.45. The molecule has 20 heavy (non-hydrogen) atoms. The van der Waals surface area contributed by atoms with Gasteiger partial charge in [0.1, 0.15) is 12.1 Å². The number of benzene rings is 1. The first-order chi connectivity index (χ1) is 9.50. The van der Waals surface area contributed by atoms with E-state index in [9.17, 15) is 9.59 Å². The molecule has 4 heteroatoms.